The molecule has 6 rings (SSSR count). The molecule has 0 radical (unpaired) electrons. The zero-order valence-electron chi connectivity index (χ0n) is 39.9. The average molecular weight is 909 g/mol. The maximum absolute atomic E-state index is 14.0. The minimum atomic E-state index is -2.40. The van der Waals surface area contributed by atoms with Gasteiger partial charge in [-0.15, -0.1) is 0 Å². The molecule has 0 bridgehead atoms. The Hall–Kier alpha value is -4.17. The van der Waals surface area contributed by atoms with Crippen LogP contribution in [0.1, 0.15) is 84.6 Å². The lowest BCUT2D eigenvalue weighted by molar-refractivity contribution is -0.324. The summed E-state index contributed by atoms with van der Waals surface area (Å²) in [6, 6.07) is 40.0. The van der Waals surface area contributed by atoms with E-state index in [1.54, 1.807) is 6.26 Å². The summed E-state index contributed by atoms with van der Waals surface area (Å²) in [5.74, 6) is -0.425. The number of rotatable bonds is 22. The van der Waals surface area contributed by atoms with Crippen LogP contribution in [0, 0.1) is 5.41 Å². The second kappa shape index (κ2) is 24.0. The van der Waals surface area contributed by atoms with E-state index < -0.39 is 68.7 Å². The molecule has 4 aromatic rings. The number of esters is 1. The average Bonchev–Trinajstić information content (AvgIpc) is 3.30. The van der Waals surface area contributed by atoms with Crippen LogP contribution in [0.2, 0.25) is 16.6 Å². The van der Waals surface area contributed by atoms with Crippen LogP contribution in [0.3, 0.4) is 0 Å². The van der Waals surface area contributed by atoms with Crippen LogP contribution in [0.15, 0.2) is 134 Å². The Morgan fingerprint density at radius 1 is 0.538 bits per heavy atom. The third kappa shape index (κ3) is 13.7. The molecule has 4 aromatic carbocycles. The van der Waals surface area contributed by atoms with Crippen molar-refractivity contribution in [2.75, 3.05) is 13.2 Å². The lowest BCUT2D eigenvalue weighted by Gasteiger charge is -2.48. The highest BCUT2D eigenvalue weighted by molar-refractivity contribution is 6.77. The summed E-state index contributed by atoms with van der Waals surface area (Å²) in [6.45, 7) is 20.5. The summed E-state index contributed by atoms with van der Waals surface area (Å²) in [5, 5.41) is 0. The lowest BCUT2D eigenvalue weighted by atomic mass is 9.95. The first-order chi connectivity index (χ1) is 31.3. The highest BCUT2D eigenvalue weighted by atomic mass is 28.4. The van der Waals surface area contributed by atoms with Gasteiger partial charge in [-0.05, 0) is 65.7 Å². The van der Waals surface area contributed by atoms with Crippen molar-refractivity contribution >= 4 is 14.3 Å². The van der Waals surface area contributed by atoms with Gasteiger partial charge in [-0.3, -0.25) is 4.79 Å². The number of ether oxygens (including phenoxy) is 8. The van der Waals surface area contributed by atoms with Gasteiger partial charge in [0.25, 0.3) is 0 Å². The smallest absolute Gasteiger partial charge is 0.311 e. The lowest BCUT2D eigenvalue weighted by Crippen LogP contribution is -2.63. The Kier molecular flexibility index (Phi) is 18.6. The highest BCUT2D eigenvalue weighted by Crippen LogP contribution is 2.43. The predicted octanol–water partition coefficient (Wildman–Crippen LogP) is 11.1. The summed E-state index contributed by atoms with van der Waals surface area (Å²) < 4.78 is 61.0. The van der Waals surface area contributed by atoms with E-state index in [2.05, 4.69) is 41.5 Å². The maximum atomic E-state index is 14.0. The van der Waals surface area contributed by atoms with Crippen LogP contribution in [-0.4, -0.2) is 76.5 Å². The van der Waals surface area contributed by atoms with Crippen molar-refractivity contribution in [3.05, 3.63) is 156 Å². The van der Waals surface area contributed by atoms with Crippen LogP contribution in [-0.2, 0) is 73.5 Å². The van der Waals surface area contributed by atoms with E-state index in [0.29, 0.717) is 29.8 Å². The Balaban J connectivity index is 1.36. The largest absolute Gasteiger partial charge is 0.493 e. The molecular formula is C54H72O10Si. The standard InChI is InChI=1S/C54H72O10Si/c1-38(2)65(39(3)4,40(5)6)62-37-47-49(59-34-43-26-18-12-19-27-43)50(60-35-44-28-20-13-21-29-44)51(64-53(55)54(7,8)9)52(63-47)61-36-46-48(58-33-42-24-16-11-17-25-42)45(30-31-56-46)57-32-41-22-14-10-15-23-41/h10-31,38-40,45-52H,32-37H2,1-9H3/t45-,46-,47-,48+,49-,50+,51-,52-/m1/s1. The van der Waals surface area contributed by atoms with Gasteiger partial charge in [0.1, 0.15) is 30.5 Å². The maximum Gasteiger partial charge on any atom is 0.311 e. The first-order valence-electron chi connectivity index (χ1n) is 23.3. The molecule has 0 amide bonds. The summed E-state index contributed by atoms with van der Waals surface area (Å²) >= 11 is 0. The molecule has 0 unspecified atom stereocenters. The van der Waals surface area contributed by atoms with Crippen molar-refractivity contribution in [3.63, 3.8) is 0 Å². The SMILES string of the molecule is CC(C)[Si](OC[C@H]1O[C@@H](OC[C@H]2OC=C[C@@H](OCc3ccccc3)[C@@H]2OCc2ccccc2)[C@H](OC(=O)C(C)(C)C)[C@@H](OCc2ccccc2)[C@@H]1OCc1ccccc1)(C(C)C)C(C)C. The molecule has 0 aliphatic carbocycles. The molecule has 2 aliphatic heterocycles. The number of benzene rings is 4. The Labute approximate surface area is 389 Å². The van der Waals surface area contributed by atoms with Crippen LogP contribution in [0.4, 0.5) is 0 Å². The van der Waals surface area contributed by atoms with Crippen molar-refractivity contribution < 1.29 is 47.1 Å². The highest BCUT2D eigenvalue weighted by Gasteiger charge is 2.53. The fourth-order valence-electron chi connectivity index (χ4n) is 9.06. The third-order valence-corrected chi connectivity index (χ3v) is 18.5. The Morgan fingerprint density at radius 2 is 0.969 bits per heavy atom. The molecule has 2 heterocycles. The van der Waals surface area contributed by atoms with Crippen molar-refractivity contribution in [2.45, 2.75) is 154 Å². The van der Waals surface area contributed by atoms with Gasteiger partial charge in [0.2, 0.25) is 0 Å². The summed E-state index contributed by atoms with van der Waals surface area (Å²) in [5.41, 5.74) is 4.14. The van der Waals surface area contributed by atoms with E-state index in [4.69, 9.17) is 42.3 Å². The summed E-state index contributed by atoms with van der Waals surface area (Å²) in [4.78, 5) is 14.0. The Bertz CT molecular complexity index is 1990. The number of carbonyl (C=O) groups is 1. The van der Waals surface area contributed by atoms with E-state index in [9.17, 15) is 4.79 Å². The fraction of sp³-hybridized carbons (Fsp3) is 0.500. The topological polar surface area (TPSA) is 100 Å². The number of hydrogen-bond acceptors (Lipinski definition) is 10. The van der Waals surface area contributed by atoms with Crippen LogP contribution in [0.5, 0.6) is 0 Å². The molecule has 11 heteroatoms. The summed E-state index contributed by atoms with van der Waals surface area (Å²) in [7, 11) is -2.40. The molecule has 1 saturated heterocycles. The molecule has 0 aromatic heterocycles. The molecule has 65 heavy (non-hydrogen) atoms. The van der Waals surface area contributed by atoms with Crippen LogP contribution in [0.25, 0.3) is 0 Å². The Morgan fingerprint density at radius 3 is 1.42 bits per heavy atom. The minimum Gasteiger partial charge on any atom is -0.493 e. The minimum absolute atomic E-state index is 0.0143. The number of hydrogen-bond donors (Lipinski definition) is 0. The molecule has 0 N–H and O–H groups in total. The van der Waals surface area contributed by atoms with Crippen LogP contribution < -0.4 is 0 Å². The van der Waals surface area contributed by atoms with Gasteiger partial charge in [0, 0.05) is 0 Å². The molecule has 10 nitrogen and oxygen atoms in total. The molecule has 0 saturated carbocycles. The first kappa shape index (κ1) is 50.2. The molecule has 2 aliphatic rings. The van der Waals surface area contributed by atoms with Gasteiger partial charge in [-0.1, -0.05) is 163 Å². The van der Waals surface area contributed by atoms with Crippen molar-refractivity contribution in [3.8, 4) is 0 Å². The van der Waals surface area contributed by atoms with Gasteiger partial charge in [0.05, 0.1) is 51.3 Å². The molecule has 0 spiro atoms. The number of carbonyl (C=O) groups excluding carboxylic acids is 1. The second-order valence-electron chi connectivity index (χ2n) is 19.2. The molecule has 352 valence electrons. The zero-order chi connectivity index (χ0) is 46.4. The predicted molar refractivity (Wildman–Crippen MR) is 255 cm³/mol. The fourth-order valence-corrected chi connectivity index (χ4v) is 14.5. The van der Waals surface area contributed by atoms with E-state index in [1.165, 1.54) is 0 Å². The van der Waals surface area contributed by atoms with Crippen molar-refractivity contribution in [1.29, 1.82) is 0 Å². The van der Waals surface area contributed by atoms with Crippen molar-refractivity contribution in [1.82, 2.24) is 0 Å². The second-order valence-corrected chi connectivity index (χ2v) is 24.6. The summed E-state index contributed by atoms with van der Waals surface area (Å²) in [6.07, 6.45) is -2.49. The molecule has 8 atom stereocenters. The van der Waals surface area contributed by atoms with E-state index >= 15 is 0 Å². The van der Waals surface area contributed by atoms with E-state index in [1.807, 2.05) is 148 Å². The monoisotopic (exact) mass is 908 g/mol. The quantitative estimate of drug-likeness (QED) is 0.0560. The van der Waals surface area contributed by atoms with E-state index in [-0.39, 0.29) is 26.4 Å². The normalized spacial score (nSPS) is 23.8. The van der Waals surface area contributed by atoms with Gasteiger partial charge >= 0.3 is 5.97 Å². The van der Waals surface area contributed by atoms with Gasteiger partial charge in [-0.2, -0.15) is 0 Å². The zero-order valence-corrected chi connectivity index (χ0v) is 40.9. The van der Waals surface area contributed by atoms with Gasteiger partial charge < -0.3 is 42.3 Å². The molecule has 1 fully saturated rings. The third-order valence-electron chi connectivity index (χ3n) is 12.4. The van der Waals surface area contributed by atoms with Crippen LogP contribution >= 0.6 is 0 Å². The van der Waals surface area contributed by atoms with E-state index in [0.717, 1.165) is 22.3 Å². The van der Waals surface area contributed by atoms with Gasteiger partial charge in [-0.25, -0.2) is 0 Å². The van der Waals surface area contributed by atoms with Gasteiger partial charge in [0.15, 0.2) is 26.8 Å². The first-order valence-corrected chi connectivity index (χ1v) is 25.5. The van der Waals surface area contributed by atoms with Crippen molar-refractivity contribution in [2.24, 2.45) is 5.41 Å². The molecular weight excluding hydrogens is 837 g/mol.